The molecule has 1 aromatic heterocycles. The Bertz CT molecular complexity index is 413. The number of hydrogen-bond donors (Lipinski definition) is 1. The number of nitriles is 1. The highest BCUT2D eigenvalue weighted by Crippen LogP contribution is 2.31. The van der Waals surface area contributed by atoms with Crippen LogP contribution in [0.4, 0.5) is 5.82 Å². The number of anilines is 1. The van der Waals surface area contributed by atoms with Crippen LogP contribution in [-0.4, -0.2) is 28.8 Å². The summed E-state index contributed by atoms with van der Waals surface area (Å²) >= 11 is 0. The summed E-state index contributed by atoms with van der Waals surface area (Å²) in [5, 5.41) is 18.7. The van der Waals surface area contributed by atoms with Crippen LogP contribution >= 0.6 is 0 Å². The Morgan fingerprint density at radius 1 is 1.50 bits per heavy atom. The van der Waals surface area contributed by atoms with Crippen LogP contribution in [0.15, 0.2) is 18.3 Å². The second-order valence-electron chi connectivity index (χ2n) is 4.63. The molecule has 0 aliphatic carbocycles. The normalized spacial score (nSPS) is 18.1. The molecule has 0 spiro atoms. The summed E-state index contributed by atoms with van der Waals surface area (Å²) in [7, 11) is 0. The summed E-state index contributed by atoms with van der Waals surface area (Å²) in [5.74, 6) is 1.08. The first kappa shape index (κ1) is 10.9. The molecule has 4 nitrogen and oxygen atoms in total. The number of nitrogens with zero attached hydrogens (tertiary/aromatic N) is 3. The highest BCUT2D eigenvalue weighted by atomic mass is 16.3. The fraction of sp³-hybridized carbons (Fsp3) is 0.500. The molecule has 2 rings (SSSR count). The lowest BCUT2D eigenvalue weighted by Crippen LogP contribution is -2.65. The predicted molar refractivity (Wildman–Crippen MR) is 61.0 cm³/mol. The largest absolute Gasteiger partial charge is 0.386 e. The second-order valence-corrected chi connectivity index (χ2v) is 4.63. The fourth-order valence-corrected chi connectivity index (χ4v) is 1.78. The molecule has 2 heterocycles. The third-order valence-electron chi connectivity index (χ3n) is 3.20. The van der Waals surface area contributed by atoms with Crippen LogP contribution in [0, 0.1) is 17.2 Å². The molecule has 1 aliphatic heterocycles. The van der Waals surface area contributed by atoms with E-state index in [1.807, 2.05) is 30.9 Å². The van der Waals surface area contributed by atoms with E-state index in [0.717, 1.165) is 5.82 Å². The molecule has 1 saturated heterocycles. The van der Waals surface area contributed by atoms with Crippen molar-refractivity contribution in [2.45, 2.75) is 19.4 Å². The molecule has 0 saturated carbocycles. The van der Waals surface area contributed by atoms with Crippen molar-refractivity contribution in [3.63, 3.8) is 0 Å². The third kappa shape index (κ3) is 1.74. The Morgan fingerprint density at radius 2 is 2.19 bits per heavy atom. The Balaban J connectivity index is 2.04. The maximum atomic E-state index is 10.1. The van der Waals surface area contributed by atoms with Gasteiger partial charge in [0.2, 0.25) is 0 Å². The van der Waals surface area contributed by atoms with Crippen LogP contribution in [-0.2, 0) is 0 Å². The Labute approximate surface area is 95.1 Å². The van der Waals surface area contributed by atoms with Crippen molar-refractivity contribution in [1.29, 1.82) is 5.26 Å². The maximum Gasteiger partial charge on any atom is 0.128 e. The summed E-state index contributed by atoms with van der Waals surface area (Å²) in [6.45, 7) is 5.26. The molecule has 0 bridgehead atoms. The number of hydrogen-bond acceptors (Lipinski definition) is 4. The van der Waals surface area contributed by atoms with Gasteiger partial charge in [0.15, 0.2) is 0 Å². The van der Waals surface area contributed by atoms with Gasteiger partial charge in [-0.25, -0.2) is 4.98 Å². The molecule has 16 heavy (non-hydrogen) atoms. The van der Waals surface area contributed by atoms with Gasteiger partial charge in [0.05, 0.1) is 18.7 Å². The summed E-state index contributed by atoms with van der Waals surface area (Å²) < 4.78 is 0. The number of pyridine rings is 1. The van der Waals surface area contributed by atoms with Crippen molar-refractivity contribution in [1.82, 2.24) is 4.98 Å². The molecular weight excluding hydrogens is 202 g/mol. The van der Waals surface area contributed by atoms with Crippen molar-refractivity contribution < 1.29 is 5.11 Å². The molecule has 1 aromatic rings. The number of β-amino-alcohol motifs (C(OH)–C–C–N with tert-alkyl or cyclic N) is 1. The first-order chi connectivity index (χ1) is 7.55. The van der Waals surface area contributed by atoms with Crippen LogP contribution in [0.25, 0.3) is 0 Å². The minimum atomic E-state index is -0.588. The smallest absolute Gasteiger partial charge is 0.128 e. The van der Waals surface area contributed by atoms with E-state index in [9.17, 15) is 5.11 Å². The average molecular weight is 217 g/mol. The van der Waals surface area contributed by atoms with E-state index in [-0.39, 0.29) is 5.92 Å². The molecule has 1 fully saturated rings. The lowest BCUT2D eigenvalue weighted by molar-refractivity contribution is -0.0304. The third-order valence-corrected chi connectivity index (χ3v) is 3.20. The first-order valence-corrected chi connectivity index (χ1v) is 5.38. The van der Waals surface area contributed by atoms with E-state index in [0.29, 0.717) is 18.7 Å². The van der Waals surface area contributed by atoms with Gasteiger partial charge in [-0.3, -0.25) is 0 Å². The van der Waals surface area contributed by atoms with Crippen molar-refractivity contribution in [3.8, 4) is 6.07 Å². The van der Waals surface area contributed by atoms with E-state index < -0.39 is 5.60 Å². The van der Waals surface area contributed by atoms with Crippen LogP contribution < -0.4 is 4.90 Å². The summed E-state index contributed by atoms with van der Waals surface area (Å²) in [6.07, 6.45) is 1.56. The highest BCUT2D eigenvalue weighted by Gasteiger charge is 2.44. The van der Waals surface area contributed by atoms with Gasteiger partial charge in [-0.2, -0.15) is 5.26 Å². The molecule has 0 unspecified atom stereocenters. The standard InChI is InChI=1S/C12H15N3O/c1-9(2)12(16)7-15(8-12)11-4-3-10(5-13)6-14-11/h3-4,6,9,16H,7-8H2,1-2H3. The SMILES string of the molecule is CC(C)C1(O)CN(c2ccc(C#N)cn2)C1. The van der Waals surface area contributed by atoms with Gasteiger partial charge >= 0.3 is 0 Å². The molecule has 0 radical (unpaired) electrons. The lowest BCUT2D eigenvalue weighted by atomic mass is 9.83. The van der Waals surface area contributed by atoms with Gasteiger partial charge in [0, 0.05) is 6.20 Å². The van der Waals surface area contributed by atoms with Crippen molar-refractivity contribution in [3.05, 3.63) is 23.9 Å². The van der Waals surface area contributed by atoms with Gasteiger partial charge in [-0.1, -0.05) is 13.8 Å². The number of aromatic nitrogens is 1. The molecule has 0 atom stereocenters. The van der Waals surface area contributed by atoms with Crippen LogP contribution in [0.2, 0.25) is 0 Å². The van der Waals surface area contributed by atoms with E-state index in [1.165, 1.54) is 0 Å². The van der Waals surface area contributed by atoms with E-state index in [1.54, 1.807) is 12.3 Å². The average Bonchev–Trinajstić information content (AvgIpc) is 2.25. The maximum absolute atomic E-state index is 10.1. The van der Waals surface area contributed by atoms with Gasteiger partial charge < -0.3 is 10.0 Å². The summed E-state index contributed by atoms with van der Waals surface area (Å²) in [6, 6.07) is 5.60. The Hall–Kier alpha value is -1.60. The Kier molecular flexibility index (Phi) is 2.56. The molecular formula is C12H15N3O. The summed E-state index contributed by atoms with van der Waals surface area (Å²) in [4.78, 5) is 6.20. The van der Waals surface area contributed by atoms with Crippen molar-refractivity contribution in [2.24, 2.45) is 5.92 Å². The molecule has 0 aromatic carbocycles. The zero-order chi connectivity index (χ0) is 11.8. The van der Waals surface area contributed by atoms with E-state index >= 15 is 0 Å². The van der Waals surface area contributed by atoms with Gasteiger partial charge in [0.25, 0.3) is 0 Å². The van der Waals surface area contributed by atoms with Crippen molar-refractivity contribution in [2.75, 3.05) is 18.0 Å². The highest BCUT2D eigenvalue weighted by molar-refractivity contribution is 5.46. The van der Waals surface area contributed by atoms with E-state index in [2.05, 4.69) is 4.98 Å². The number of aliphatic hydroxyl groups is 1. The summed E-state index contributed by atoms with van der Waals surface area (Å²) in [5.41, 5.74) is -0.0290. The monoisotopic (exact) mass is 217 g/mol. The van der Waals surface area contributed by atoms with Gasteiger partial charge in [-0.15, -0.1) is 0 Å². The zero-order valence-electron chi connectivity index (χ0n) is 9.51. The van der Waals surface area contributed by atoms with Crippen LogP contribution in [0.1, 0.15) is 19.4 Å². The minimum absolute atomic E-state index is 0.252. The second kappa shape index (κ2) is 3.76. The molecule has 84 valence electrons. The number of rotatable bonds is 2. The first-order valence-electron chi connectivity index (χ1n) is 5.38. The Morgan fingerprint density at radius 3 is 2.62 bits per heavy atom. The van der Waals surface area contributed by atoms with Crippen LogP contribution in [0.5, 0.6) is 0 Å². The predicted octanol–water partition coefficient (Wildman–Crippen LogP) is 1.16. The topological polar surface area (TPSA) is 60.1 Å². The van der Waals surface area contributed by atoms with E-state index in [4.69, 9.17) is 5.26 Å². The molecule has 1 aliphatic rings. The van der Waals surface area contributed by atoms with Gasteiger partial charge in [0.1, 0.15) is 17.5 Å². The molecule has 0 amide bonds. The quantitative estimate of drug-likeness (QED) is 0.807. The zero-order valence-corrected chi connectivity index (χ0v) is 9.51. The van der Waals surface area contributed by atoms with Crippen LogP contribution in [0.3, 0.4) is 0 Å². The van der Waals surface area contributed by atoms with Crippen molar-refractivity contribution >= 4 is 5.82 Å². The van der Waals surface area contributed by atoms with Gasteiger partial charge in [-0.05, 0) is 18.1 Å². The lowest BCUT2D eigenvalue weighted by Gasteiger charge is -2.49. The molecule has 4 heteroatoms. The minimum Gasteiger partial charge on any atom is -0.386 e. The fourth-order valence-electron chi connectivity index (χ4n) is 1.78. The molecule has 1 N–H and O–H groups in total.